The molecule has 1 N–H and O–H groups in total. The van der Waals surface area contributed by atoms with E-state index >= 15 is 0 Å². The molecule has 0 spiro atoms. The Bertz CT molecular complexity index is 1000. The molecule has 1 aliphatic rings. The molecule has 28 heavy (non-hydrogen) atoms. The molecule has 2 heterocycles. The fourth-order valence-corrected chi connectivity index (χ4v) is 4.12. The maximum Gasteiger partial charge on any atom is 0.262 e. The Labute approximate surface area is 167 Å². The van der Waals surface area contributed by atoms with Crippen LogP contribution in [-0.2, 0) is 11.2 Å². The molecule has 4 rings (SSSR count). The van der Waals surface area contributed by atoms with Gasteiger partial charge in [-0.15, -0.1) is 11.3 Å². The van der Waals surface area contributed by atoms with Crippen LogP contribution in [0.25, 0.3) is 0 Å². The van der Waals surface area contributed by atoms with Gasteiger partial charge in [-0.2, -0.15) is 0 Å². The van der Waals surface area contributed by atoms with Gasteiger partial charge in [0, 0.05) is 18.3 Å². The second kappa shape index (κ2) is 7.86. The van der Waals surface area contributed by atoms with E-state index in [1.54, 1.807) is 13.1 Å². The Balaban J connectivity index is 1.45. The van der Waals surface area contributed by atoms with E-state index in [9.17, 15) is 9.59 Å². The van der Waals surface area contributed by atoms with Crippen LogP contribution in [0.15, 0.2) is 66.7 Å². The summed E-state index contributed by atoms with van der Waals surface area (Å²) >= 11 is 1.44. The van der Waals surface area contributed by atoms with Crippen LogP contribution in [0.3, 0.4) is 0 Å². The number of para-hydroxylation sites is 2. The summed E-state index contributed by atoms with van der Waals surface area (Å²) in [5, 5.41) is 2.82. The van der Waals surface area contributed by atoms with E-state index in [2.05, 4.69) is 17.4 Å². The molecule has 2 aromatic carbocycles. The van der Waals surface area contributed by atoms with Gasteiger partial charge in [0.25, 0.3) is 11.8 Å². The lowest BCUT2D eigenvalue weighted by atomic mass is 10.1. The number of carbonyl (C=O) groups is 2. The zero-order valence-corrected chi connectivity index (χ0v) is 16.2. The van der Waals surface area contributed by atoms with Gasteiger partial charge in [0.05, 0.1) is 10.6 Å². The summed E-state index contributed by atoms with van der Waals surface area (Å²) in [5.74, 6) is 0.182. The van der Waals surface area contributed by atoms with E-state index in [1.165, 1.54) is 21.8 Å². The summed E-state index contributed by atoms with van der Waals surface area (Å²) in [6.45, 7) is 0.105. The van der Waals surface area contributed by atoms with Crippen molar-refractivity contribution in [3.8, 4) is 5.75 Å². The number of amides is 2. The summed E-state index contributed by atoms with van der Waals surface area (Å²) in [7, 11) is 1.69. The fraction of sp³-hybridized carbons (Fsp3) is 0.182. The van der Waals surface area contributed by atoms with Crippen molar-refractivity contribution < 1.29 is 14.3 Å². The first-order chi connectivity index (χ1) is 13.6. The Morgan fingerprint density at radius 2 is 1.86 bits per heavy atom. The SMILES string of the molecule is CN1C(=O)C(NC(=O)c2ccc(Cc3ccccc3)s2)COc2ccccc21. The van der Waals surface area contributed by atoms with Crippen LogP contribution in [0.5, 0.6) is 5.75 Å². The van der Waals surface area contributed by atoms with E-state index in [0.717, 1.165) is 11.3 Å². The van der Waals surface area contributed by atoms with Crippen molar-refractivity contribution in [3.63, 3.8) is 0 Å². The summed E-state index contributed by atoms with van der Waals surface area (Å²) in [4.78, 5) is 28.7. The fourth-order valence-electron chi connectivity index (χ4n) is 3.18. The highest BCUT2D eigenvalue weighted by Gasteiger charge is 2.30. The molecular formula is C22H20N2O3S. The molecule has 0 saturated carbocycles. The maximum absolute atomic E-state index is 12.8. The van der Waals surface area contributed by atoms with E-state index in [1.807, 2.05) is 48.5 Å². The molecule has 1 aromatic heterocycles. The van der Waals surface area contributed by atoms with Crippen LogP contribution in [0.4, 0.5) is 5.69 Å². The largest absolute Gasteiger partial charge is 0.489 e. The number of nitrogens with zero attached hydrogens (tertiary/aromatic N) is 1. The Kier molecular flexibility index (Phi) is 5.12. The number of carbonyl (C=O) groups excluding carboxylic acids is 2. The monoisotopic (exact) mass is 392 g/mol. The van der Waals surface area contributed by atoms with Gasteiger partial charge in [-0.1, -0.05) is 42.5 Å². The number of thiophene rings is 1. The van der Waals surface area contributed by atoms with Crippen LogP contribution < -0.4 is 15.0 Å². The van der Waals surface area contributed by atoms with E-state index in [-0.39, 0.29) is 18.4 Å². The number of anilines is 1. The van der Waals surface area contributed by atoms with Gasteiger partial charge in [0.2, 0.25) is 0 Å². The second-order valence-electron chi connectivity index (χ2n) is 6.63. The molecule has 0 fully saturated rings. The average molecular weight is 392 g/mol. The topological polar surface area (TPSA) is 58.6 Å². The van der Waals surface area contributed by atoms with Gasteiger partial charge in [0.1, 0.15) is 18.4 Å². The molecule has 0 saturated heterocycles. The normalized spacial score (nSPS) is 16.1. The zero-order valence-electron chi connectivity index (χ0n) is 15.4. The summed E-state index contributed by atoms with van der Waals surface area (Å²) in [5.41, 5.74) is 1.90. The van der Waals surface area contributed by atoms with Crippen LogP contribution in [0, 0.1) is 0 Å². The van der Waals surface area contributed by atoms with Gasteiger partial charge in [-0.05, 0) is 29.8 Å². The predicted octanol–water partition coefficient (Wildman–Crippen LogP) is 3.49. The van der Waals surface area contributed by atoms with E-state index < -0.39 is 6.04 Å². The molecule has 0 aliphatic carbocycles. The van der Waals surface area contributed by atoms with Crippen molar-refractivity contribution >= 4 is 28.8 Å². The minimum absolute atomic E-state index is 0.105. The van der Waals surface area contributed by atoms with Gasteiger partial charge in [-0.25, -0.2) is 0 Å². The van der Waals surface area contributed by atoms with Gasteiger partial charge in [0.15, 0.2) is 0 Å². The lowest BCUT2D eigenvalue weighted by molar-refractivity contribution is -0.120. The minimum atomic E-state index is -0.732. The first-order valence-corrected chi connectivity index (χ1v) is 9.86. The average Bonchev–Trinajstić information content (AvgIpc) is 3.15. The molecular weight excluding hydrogens is 372 g/mol. The zero-order chi connectivity index (χ0) is 19.5. The summed E-state index contributed by atoms with van der Waals surface area (Å²) in [6.07, 6.45) is 0.780. The lowest BCUT2D eigenvalue weighted by Crippen LogP contribution is -2.49. The standard InChI is InChI=1S/C22H20N2O3S/c1-24-18-9-5-6-10-19(18)27-14-17(22(24)26)23-21(25)20-12-11-16(28-20)13-15-7-3-2-4-8-15/h2-12,17H,13-14H2,1H3,(H,23,25). The van der Waals surface area contributed by atoms with Gasteiger partial charge < -0.3 is 15.0 Å². The predicted molar refractivity (Wildman–Crippen MR) is 110 cm³/mol. The number of hydrogen-bond acceptors (Lipinski definition) is 4. The molecule has 6 heteroatoms. The van der Waals surface area contributed by atoms with Crippen LogP contribution in [0.2, 0.25) is 0 Å². The number of likely N-dealkylation sites (N-methyl/N-ethyl adjacent to an activating group) is 1. The van der Waals surface area contributed by atoms with E-state index in [4.69, 9.17) is 4.74 Å². The number of benzene rings is 2. The molecule has 142 valence electrons. The van der Waals surface area contributed by atoms with Crippen molar-refractivity contribution in [1.82, 2.24) is 5.32 Å². The molecule has 3 aromatic rings. The Morgan fingerprint density at radius 3 is 2.68 bits per heavy atom. The first-order valence-electron chi connectivity index (χ1n) is 9.05. The molecule has 1 atom stereocenters. The van der Waals surface area contributed by atoms with Crippen LogP contribution in [0.1, 0.15) is 20.1 Å². The third-order valence-electron chi connectivity index (χ3n) is 4.67. The molecule has 5 nitrogen and oxygen atoms in total. The number of fused-ring (bicyclic) bond motifs is 1. The molecule has 1 unspecified atom stereocenters. The van der Waals surface area contributed by atoms with Crippen LogP contribution >= 0.6 is 11.3 Å². The van der Waals surface area contributed by atoms with Crippen LogP contribution in [-0.4, -0.2) is 31.5 Å². The third kappa shape index (κ3) is 3.77. The highest BCUT2D eigenvalue weighted by molar-refractivity contribution is 7.14. The minimum Gasteiger partial charge on any atom is -0.489 e. The smallest absolute Gasteiger partial charge is 0.262 e. The maximum atomic E-state index is 12.8. The number of rotatable bonds is 4. The highest BCUT2D eigenvalue weighted by atomic mass is 32.1. The van der Waals surface area contributed by atoms with Crippen molar-refractivity contribution in [2.45, 2.75) is 12.5 Å². The first kappa shape index (κ1) is 18.3. The number of nitrogens with one attached hydrogen (secondary N) is 1. The Morgan fingerprint density at radius 1 is 1.11 bits per heavy atom. The lowest BCUT2D eigenvalue weighted by Gasteiger charge is -2.20. The second-order valence-corrected chi connectivity index (χ2v) is 7.80. The van der Waals surface area contributed by atoms with E-state index in [0.29, 0.717) is 16.3 Å². The third-order valence-corrected chi connectivity index (χ3v) is 5.76. The van der Waals surface area contributed by atoms with Crippen molar-refractivity contribution in [2.75, 3.05) is 18.6 Å². The number of hydrogen-bond donors (Lipinski definition) is 1. The van der Waals surface area contributed by atoms with Crippen molar-refractivity contribution in [2.24, 2.45) is 0 Å². The quantitative estimate of drug-likeness (QED) is 0.739. The molecule has 0 bridgehead atoms. The van der Waals surface area contributed by atoms with Gasteiger partial charge in [-0.3, -0.25) is 9.59 Å². The summed E-state index contributed by atoms with van der Waals surface area (Å²) < 4.78 is 5.75. The molecule has 0 radical (unpaired) electrons. The van der Waals surface area contributed by atoms with Gasteiger partial charge >= 0.3 is 0 Å². The summed E-state index contributed by atoms with van der Waals surface area (Å²) in [6, 6.07) is 20.5. The van der Waals surface area contributed by atoms with Crippen molar-refractivity contribution in [1.29, 1.82) is 0 Å². The molecule has 2 amide bonds. The highest BCUT2D eigenvalue weighted by Crippen LogP contribution is 2.30. The molecule has 1 aliphatic heterocycles. The number of ether oxygens (including phenoxy) is 1. The van der Waals surface area contributed by atoms with Crippen molar-refractivity contribution in [3.05, 3.63) is 82.0 Å². The Hall–Kier alpha value is -3.12.